The van der Waals surface area contributed by atoms with Crippen molar-refractivity contribution in [3.05, 3.63) is 102 Å². The predicted octanol–water partition coefficient (Wildman–Crippen LogP) is 5.20. The molecule has 3 aromatic rings. The van der Waals surface area contributed by atoms with E-state index in [0.29, 0.717) is 0 Å². The maximum absolute atomic E-state index is 10.9. The average Bonchev–Trinajstić information content (AvgIpc) is 2.63. The van der Waals surface area contributed by atoms with E-state index in [-0.39, 0.29) is 5.92 Å². The lowest BCUT2D eigenvalue weighted by Gasteiger charge is -2.30. The Hall–Kier alpha value is -2.64. The maximum Gasteiger partial charge on any atom is 0.0899 e. The second-order valence-corrected chi connectivity index (χ2v) is 5.91. The summed E-state index contributed by atoms with van der Waals surface area (Å²) in [5.74, 6) is -0.0266. The molecule has 0 bridgehead atoms. The number of hydrogen-bond donors (Lipinski definition) is 1. The first-order chi connectivity index (χ1) is 11.3. The first-order valence-corrected chi connectivity index (χ1v) is 7.94. The molecule has 0 saturated carbocycles. The second-order valence-electron chi connectivity index (χ2n) is 5.91. The summed E-state index contributed by atoms with van der Waals surface area (Å²) >= 11 is 0. The predicted molar refractivity (Wildman–Crippen MR) is 95.1 cm³/mol. The van der Waals surface area contributed by atoms with Gasteiger partial charge in [0.1, 0.15) is 0 Å². The molecule has 0 fully saturated rings. The van der Waals surface area contributed by atoms with Gasteiger partial charge in [0.15, 0.2) is 0 Å². The van der Waals surface area contributed by atoms with Gasteiger partial charge in [-0.05, 0) is 27.8 Å². The van der Waals surface area contributed by atoms with Gasteiger partial charge in [0, 0.05) is 5.92 Å². The monoisotopic (exact) mass is 298 g/mol. The van der Waals surface area contributed by atoms with Crippen molar-refractivity contribution < 1.29 is 5.11 Å². The number of rotatable bonds is 2. The number of benzene rings is 3. The maximum atomic E-state index is 10.9. The van der Waals surface area contributed by atoms with Crippen LogP contribution in [0, 0.1) is 0 Å². The minimum atomic E-state index is -0.513. The van der Waals surface area contributed by atoms with Crippen LogP contribution in [0.4, 0.5) is 0 Å². The summed E-state index contributed by atoms with van der Waals surface area (Å²) in [6.07, 6.45) is 3.70. The van der Waals surface area contributed by atoms with E-state index in [9.17, 15) is 5.11 Å². The van der Waals surface area contributed by atoms with Crippen molar-refractivity contribution in [2.45, 2.75) is 12.0 Å². The third-order valence-electron chi connectivity index (χ3n) is 4.53. The van der Waals surface area contributed by atoms with Crippen LogP contribution in [0.25, 0.3) is 17.2 Å². The lowest BCUT2D eigenvalue weighted by atomic mass is 9.76. The lowest BCUT2D eigenvalue weighted by Crippen LogP contribution is -2.15. The van der Waals surface area contributed by atoms with Crippen molar-refractivity contribution in [3.8, 4) is 11.1 Å². The minimum absolute atomic E-state index is 0.0266. The van der Waals surface area contributed by atoms with Gasteiger partial charge < -0.3 is 5.11 Å². The molecule has 1 aliphatic carbocycles. The third-order valence-corrected chi connectivity index (χ3v) is 4.53. The molecule has 1 heteroatoms. The summed E-state index contributed by atoms with van der Waals surface area (Å²) in [6, 6.07) is 26.7. The van der Waals surface area contributed by atoms with Crippen molar-refractivity contribution in [2.75, 3.05) is 0 Å². The van der Waals surface area contributed by atoms with Crippen molar-refractivity contribution in [3.63, 3.8) is 0 Å². The molecule has 0 heterocycles. The van der Waals surface area contributed by atoms with E-state index in [4.69, 9.17) is 0 Å². The van der Waals surface area contributed by atoms with Gasteiger partial charge in [0.2, 0.25) is 0 Å². The van der Waals surface area contributed by atoms with E-state index in [2.05, 4.69) is 48.6 Å². The number of aliphatic hydroxyl groups is 1. The van der Waals surface area contributed by atoms with Crippen LogP contribution >= 0.6 is 0 Å². The van der Waals surface area contributed by atoms with Crippen LogP contribution in [0.5, 0.6) is 0 Å². The Kier molecular flexibility index (Phi) is 3.57. The van der Waals surface area contributed by atoms with E-state index in [1.807, 2.05) is 42.5 Å². The largest absolute Gasteiger partial charge is 0.387 e. The van der Waals surface area contributed by atoms with E-state index in [1.165, 1.54) is 11.1 Å². The fraction of sp³-hybridized carbons (Fsp3) is 0.0909. The zero-order valence-electron chi connectivity index (χ0n) is 12.8. The molecule has 0 spiro atoms. The smallest absolute Gasteiger partial charge is 0.0899 e. The Balaban J connectivity index is 1.81. The van der Waals surface area contributed by atoms with Gasteiger partial charge in [0.25, 0.3) is 0 Å². The topological polar surface area (TPSA) is 20.2 Å². The molecule has 4 rings (SSSR count). The van der Waals surface area contributed by atoms with Gasteiger partial charge in [0.05, 0.1) is 6.10 Å². The quantitative estimate of drug-likeness (QED) is 0.689. The van der Waals surface area contributed by atoms with Gasteiger partial charge in [-0.1, -0.05) is 91.0 Å². The molecule has 112 valence electrons. The Labute approximate surface area is 136 Å². The fourth-order valence-corrected chi connectivity index (χ4v) is 3.38. The first-order valence-electron chi connectivity index (χ1n) is 7.94. The van der Waals surface area contributed by atoms with Crippen LogP contribution in [0.15, 0.2) is 84.9 Å². The molecule has 0 amide bonds. The first kappa shape index (κ1) is 14.0. The molecule has 23 heavy (non-hydrogen) atoms. The van der Waals surface area contributed by atoms with Crippen LogP contribution in [-0.4, -0.2) is 5.11 Å². The molecular weight excluding hydrogens is 280 g/mol. The summed E-state index contributed by atoms with van der Waals surface area (Å²) in [4.78, 5) is 0. The average molecular weight is 298 g/mol. The summed E-state index contributed by atoms with van der Waals surface area (Å²) < 4.78 is 0. The standard InChI is InChI=1S/C22H18O/c23-22-20-13-7-6-11-18(20)17-10-4-5-12-19(17)21(22)15-14-16-8-2-1-3-9-16/h1-15,21-23H/b15-14+/t21-,22-/m0/s1. The Bertz CT molecular complexity index is 849. The SMILES string of the molecule is O[C@H]1c2ccccc2-c2ccccc2[C@@H]1/C=C/c1ccccc1. The highest BCUT2D eigenvalue weighted by Gasteiger charge is 2.30. The molecule has 0 unspecified atom stereocenters. The van der Waals surface area contributed by atoms with Gasteiger partial charge in [-0.2, -0.15) is 0 Å². The molecule has 0 aromatic heterocycles. The zero-order chi connectivity index (χ0) is 15.6. The van der Waals surface area contributed by atoms with E-state index in [0.717, 1.165) is 16.7 Å². The highest BCUT2D eigenvalue weighted by atomic mass is 16.3. The highest BCUT2D eigenvalue weighted by Crippen LogP contribution is 2.46. The highest BCUT2D eigenvalue weighted by molar-refractivity contribution is 5.75. The molecule has 1 aliphatic rings. The summed E-state index contributed by atoms with van der Waals surface area (Å²) in [7, 11) is 0. The van der Waals surface area contributed by atoms with Crippen LogP contribution in [0.3, 0.4) is 0 Å². The van der Waals surface area contributed by atoms with Crippen LogP contribution in [0.1, 0.15) is 28.7 Å². The van der Waals surface area contributed by atoms with Crippen molar-refractivity contribution in [1.82, 2.24) is 0 Å². The van der Waals surface area contributed by atoms with Crippen LogP contribution in [-0.2, 0) is 0 Å². The van der Waals surface area contributed by atoms with Crippen molar-refractivity contribution in [1.29, 1.82) is 0 Å². The molecule has 0 aliphatic heterocycles. The molecule has 1 N–H and O–H groups in total. The normalized spacial score (nSPS) is 19.3. The van der Waals surface area contributed by atoms with E-state index < -0.39 is 6.10 Å². The van der Waals surface area contributed by atoms with Crippen molar-refractivity contribution in [2.24, 2.45) is 0 Å². The minimum Gasteiger partial charge on any atom is -0.387 e. The van der Waals surface area contributed by atoms with Crippen LogP contribution in [0.2, 0.25) is 0 Å². The van der Waals surface area contributed by atoms with Gasteiger partial charge in [-0.15, -0.1) is 0 Å². The van der Waals surface area contributed by atoms with Gasteiger partial charge in [-0.25, -0.2) is 0 Å². The molecule has 0 saturated heterocycles. The molecule has 1 nitrogen and oxygen atoms in total. The molecule has 2 atom stereocenters. The third kappa shape index (κ3) is 2.49. The second kappa shape index (κ2) is 5.86. The van der Waals surface area contributed by atoms with Gasteiger partial charge >= 0.3 is 0 Å². The molecular formula is C22H18O. The number of aliphatic hydroxyl groups excluding tert-OH is 1. The summed E-state index contributed by atoms with van der Waals surface area (Å²) in [5, 5.41) is 10.9. The van der Waals surface area contributed by atoms with Crippen molar-refractivity contribution >= 4 is 6.08 Å². The molecule has 3 aromatic carbocycles. The number of fused-ring (bicyclic) bond motifs is 3. The molecule has 0 radical (unpaired) electrons. The van der Waals surface area contributed by atoms with Gasteiger partial charge in [-0.3, -0.25) is 0 Å². The summed E-state index contributed by atoms with van der Waals surface area (Å²) in [5.41, 5.74) is 5.70. The van der Waals surface area contributed by atoms with E-state index >= 15 is 0 Å². The van der Waals surface area contributed by atoms with Crippen LogP contribution < -0.4 is 0 Å². The Morgan fingerprint density at radius 1 is 0.652 bits per heavy atom. The Morgan fingerprint density at radius 2 is 1.22 bits per heavy atom. The Morgan fingerprint density at radius 3 is 1.96 bits per heavy atom. The summed E-state index contributed by atoms with van der Waals surface area (Å²) in [6.45, 7) is 0. The fourth-order valence-electron chi connectivity index (χ4n) is 3.38. The number of hydrogen-bond acceptors (Lipinski definition) is 1. The lowest BCUT2D eigenvalue weighted by molar-refractivity contribution is 0.160. The van der Waals surface area contributed by atoms with E-state index in [1.54, 1.807) is 0 Å². The zero-order valence-corrected chi connectivity index (χ0v) is 12.8.